The monoisotopic (exact) mass is 236 g/mol. The molecule has 3 nitrogen and oxygen atoms in total. The summed E-state index contributed by atoms with van der Waals surface area (Å²) < 4.78 is 13.0. The topological polar surface area (TPSA) is 46.3 Å². The van der Waals surface area contributed by atoms with Crippen LogP contribution in [0.4, 0.5) is 4.39 Å². The van der Waals surface area contributed by atoms with Crippen LogP contribution in [-0.2, 0) is 11.2 Å². The number of carbonyl (C=O) groups excluding carboxylic acids is 1. The van der Waals surface area contributed by atoms with Gasteiger partial charge in [0.15, 0.2) is 0 Å². The summed E-state index contributed by atoms with van der Waals surface area (Å²) in [5.74, 6) is -0.267. The molecule has 0 aromatic heterocycles. The summed E-state index contributed by atoms with van der Waals surface area (Å²) in [6, 6.07) is 6.26. The summed E-state index contributed by atoms with van der Waals surface area (Å²) in [7, 11) is 0. The van der Waals surface area contributed by atoms with E-state index in [1.807, 2.05) is 0 Å². The van der Waals surface area contributed by atoms with E-state index in [-0.39, 0.29) is 24.2 Å². The van der Waals surface area contributed by atoms with Crippen molar-refractivity contribution >= 4 is 5.91 Å². The predicted octanol–water partition coefficient (Wildman–Crippen LogP) is 1.32. The average Bonchev–Trinajstić information content (AvgIpc) is 2.29. The summed E-state index contributed by atoms with van der Waals surface area (Å²) in [6.45, 7) is 1.38. The number of likely N-dealkylation sites (tertiary alicyclic amines) is 1. The Kier molecular flexibility index (Phi) is 3.74. The molecule has 1 aromatic carbocycles. The van der Waals surface area contributed by atoms with Crippen molar-refractivity contribution in [3.8, 4) is 0 Å². The van der Waals surface area contributed by atoms with Gasteiger partial charge in [-0.25, -0.2) is 4.39 Å². The van der Waals surface area contributed by atoms with E-state index < -0.39 is 0 Å². The summed E-state index contributed by atoms with van der Waals surface area (Å²) >= 11 is 0. The standard InChI is InChI=1S/C13H17FN2O/c14-11-4-1-3-10(7-11)8-13(17)16-6-2-5-12(15)9-16/h1,3-4,7,12H,2,5-6,8-9,15H2/t12-/m1/s1. The molecule has 1 amide bonds. The minimum absolute atomic E-state index is 0.0331. The van der Waals surface area contributed by atoms with E-state index >= 15 is 0 Å². The van der Waals surface area contributed by atoms with Crippen LogP contribution in [0.5, 0.6) is 0 Å². The zero-order chi connectivity index (χ0) is 12.3. The van der Waals surface area contributed by atoms with Gasteiger partial charge in [-0.3, -0.25) is 4.79 Å². The molecule has 92 valence electrons. The van der Waals surface area contributed by atoms with Crippen LogP contribution < -0.4 is 5.73 Å². The van der Waals surface area contributed by atoms with Crippen LogP contribution in [0.15, 0.2) is 24.3 Å². The Labute approximate surface area is 100 Å². The van der Waals surface area contributed by atoms with Gasteiger partial charge in [0.25, 0.3) is 0 Å². The van der Waals surface area contributed by atoms with Gasteiger partial charge in [-0.1, -0.05) is 12.1 Å². The van der Waals surface area contributed by atoms with Crippen molar-refractivity contribution in [3.05, 3.63) is 35.6 Å². The second-order valence-corrected chi connectivity index (χ2v) is 4.55. The van der Waals surface area contributed by atoms with Crippen LogP contribution >= 0.6 is 0 Å². The molecule has 1 aliphatic rings. The number of nitrogens with two attached hydrogens (primary N) is 1. The lowest BCUT2D eigenvalue weighted by atomic mass is 10.1. The Bertz CT molecular complexity index is 408. The number of piperidine rings is 1. The molecule has 0 aliphatic carbocycles. The molecule has 2 N–H and O–H groups in total. The highest BCUT2D eigenvalue weighted by molar-refractivity contribution is 5.78. The van der Waals surface area contributed by atoms with Crippen LogP contribution in [0.2, 0.25) is 0 Å². The van der Waals surface area contributed by atoms with Crippen molar-refractivity contribution in [1.29, 1.82) is 0 Å². The van der Waals surface area contributed by atoms with Crippen molar-refractivity contribution in [3.63, 3.8) is 0 Å². The SMILES string of the molecule is N[C@@H]1CCCN(C(=O)Cc2cccc(F)c2)C1. The largest absolute Gasteiger partial charge is 0.341 e. The van der Waals surface area contributed by atoms with E-state index in [1.165, 1.54) is 12.1 Å². The molecule has 0 spiro atoms. The zero-order valence-electron chi connectivity index (χ0n) is 9.73. The highest BCUT2D eigenvalue weighted by Gasteiger charge is 2.21. The van der Waals surface area contributed by atoms with Crippen molar-refractivity contribution in [2.45, 2.75) is 25.3 Å². The van der Waals surface area contributed by atoms with Crippen LogP contribution in [0, 0.1) is 5.82 Å². The van der Waals surface area contributed by atoms with Gasteiger partial charge in [0.1, 0.15) is 5.82 Å². The van der Waals surface area contributed by atoms with Crippen LogP contribution in [0.25, 0.3) is 0 Å². The lowest BCUT2D eigenvalue weighted by molar-refractivity contribution is -0.131. The molecule has 2 rings (SSSR count). The maximum Gasteiger partial charge on any atom is 0.227 e. The Balaban J connectivity index is 1.96. The number of nitrogens with zero attached hydrogens (tertiary/aromatic N) is 1. The second-order valence-electron chi connectivity index (χ2n) is 4.55. The second kappa shape index (κ2) is 5.27. The van der Waals surface area contributed by atoms with Gasteiger partial charge in [0.2, 0.25) is 5.91 Å². The Morgan fingerprint density at radius 2 is 2.35 bits per heavy atom. The van der Waals surface area contributed by atoms with Crippen LogP contribution in [0.3, 0.4) is 0 Å². The first-order valence-electron chi connectivity index (χ1n) is 5.93. The summed E-state index contributed by atoms with van der Waals surface area (Å²) in [5.41, 5.74) is 6.54. The van der Waals surface area contributed by atoms with Crippen LogP contribution in [-0.4, -0.2) is 29.9 Å². The molecule has 0 radical (unpaired) electrons. The molecule has 17 heavy (non-hydrogen) atoms. The van der Waals surface area contributed by atoms with Crippen molar-refractivity contribution in [2.24, 2.45) is 5.73 Å². The molecular weight excluding hydrogens is 219 g/mol. The molecule has 1 aliphatic heterocycles. The summed E-state index contributed by atoms with van der Waals surface area (Å²) in [5, 5.41) is 0. The van der Waals surface area contributed by atoms with Gasteiger partial charge in [-0.2, -0.15) is 0 Å². The highest BCUT2D eigenvalue weighted by atomic mass is 19.1. The van der Waals surface area contributed by atoms with Gasteiger partial charge in [-0.15, -0.1) is 0 Å². The first-order valence-corrected chi connectivity index (χ1v) is 5.93. The number of amides is 1. The van der Waals surface area contributed by atoms with Gasteiger partial charge >= 0.3 is 0 Å². The highest BCUT2D eigenvalue weighted by Crippen LogP contribution is 2.11. The van der Waals surface area contributed by atoms with E-state index in [2.05, 4.69) is 0 Å². The molecule has 0 bridgehead atoms. The summed E-state index contributed by atoms with van der Waals surface area (Å²) in [4.78, 5) is 13.7. The molecule has 0 saturated carbocycles. The normalized spacial score (nSPS) is 20.4. The van der Waals surface area contributed by atoms with Gasteiger partial charge in [0, 0.05) is 19.1 Å². The van der Waals surface area contributed by atoms with Crippen molar-refractivity contribution in [1.82, 2.24) is 4.90 Å². The number of hydrogen-bond acceptors (Lipinski definition) is 2. The molecule has 1 saturated heterocycles. The van der Waals surface area contributed by atoms with Gasteiger partial charge in [0.05, 0.1) is 6.42 Å². The van der Waals surface area contributed by atoms with E-state index in [9.17, 15) is 9.18 Å². The minimum Gasteiger partial charge on any atom is -0.341 e. The van der Waals surface area contributed by atoms with E-state index in [0.29, 0.717) is 12.1 Å². The molecule has 0 unspecified atom stereocenters. The number of rotatable bonds is 2. The van der Waals surface area contributed by atoms with Gasteiger partial charge < -0.3 is 10.6 Å². The Morgan fingerprint density at radius 3 is 3.06 bits per heavy atom. The third kappa shape index (κ3) is 3.27. The van der Waals surface area contributed by atoms with E-state index in [0.717, 1.165) is 19.4 Å². The molecule has 1 heterocycles. The third-order valence-electron chi connectivity index (χ3n) is 3.05. The molecule has 4 heteroatoms. The number of carbonyl (C=O) groups is 1. The van der Waals surface area contributed by atoms with E-state index in [1.54, 1.807) is 17.0 Å². The fourth-order valence-corrected chi connectivity index (χ4v) is 2.17. The zero-order valence-corrected chi connectivity index (χ0v) is 9.73. The van der Waals surface area contributed by atoms with Gasteiger partial charge in [-0.05, 0) is 30.5 Å². The molecule has 1 atom stereocenters. The predicted molar refractivity (Wildman–Crippen MR) is 63.9 cm³/mol. The smallest absolute Gasteiger partial charge is 0.227 e. The number of hydrogen-bond donors (Lipinski definition) is 1. The first kappa shape index (κ1) is 12.0. The Morgan fingerprint density at radius 1 is 1.53 bits per heavy atom. The first-order chi connectivity index (χ1) is 8.15. The lowest BCUT2D eigenvalue weighted by Crippen LogP contribution is -2.46. The average molecular weight is 236 g/mol. The van der Waals surface area contributed by atoms with Crippen molar-refractivity contribution in [2.75, 3.05) is 13.1 Å². The maximum atomic E-state index is 13.0. The molecular formula is C13H17FN2O. The lowest BCUT2D eigenvalue weighted by Gasteiger charge is -2.30. The maximum absolute atomic E-state index is 13.0. The number of halogens is 1. The summed E-state index contributed by atoms with van der Waals surface area (Å²) in [6.07, 6.45) is 2.18. The molecule has 1 aromatic rings. The van der Waals surface area contributed by atoms with Crippen LogP contribution in [0.1, 0.15) is 18.4 Å². The van der Waals surface area contributed by atoms with Crippen molar-refractivity contribution < 1.29 is 9.18 Å². The minimum atomic E-state index is -0.300. The van der Waals surface area contributed by atoms with E-state index in [4.69, 9.17) is 5.73 Å². The number of benzene rings is 1. The quantitative estimate of drug-likeness (QED) is 0.841. The molecule has 1 fully saturated rings. The Hall–Kier alpha value is -1.42. The fraction of sp³-hybridized carbons (Fsp3) is 0.462. The fourth-order valence-electron chi connectivity index (χ4n) is 2.17. The third-order valence-corrected chi connectivity index (χ3v) is 3.05.